The molecule has 0 aromatic heterocycles. The lowest BCUT2D eigenvalue weighted by Crippen LogP contribution is -2.34. The molecule has 0 aromatic rings. The molecular weight excluding hydrogens is 236 g/mol. The van der Waals surface area contributed by atoms with Crippen molar-refractivity contribution in [2.45, 2.75) is 45.1 Å². The van der Waals surface area contributed by atoms with Gasteiger partial charge in [0.25, 0.3) is 0 Å². The van der Waals surface area contributed by atoms with E-state index in [9.17, 15) is 14.4 Å². The quantitative estimate of drug-likeness (QED) is 0.543. The van der Waals surface area contributed by atoms with Gasteiger partial charge in [-0.3, -0.25) is 14.4 Å². The number of nitrogens with one attached hydrogen (secondary N) is 2. The molecule has 1 aliphatic rings. The Morgan fingerprint density at radius 3 is 2.56 bits per heavy atom. The minimum Gasteiger partial charge on any atom is -0.481 e. The lowest BCUT2D eigenvalue weighted by molar-refractivity contribution is -0.137. The minimum absolute atomic E-state index is 0.0784. The van der Waals surface area contributed by atoms with Crippen LogP contribution in [0.3, 0.4) is 0 Å². The fourth-order valence-corrected chi connectivity index (χ4v) is 1.61. The number of hydrogen-bond donors (Lipinski definition) is 3. The lowest BCUT2D eigenvalue weighted by atomic mass is 10.2. The van der Waals surface area contributed by atoms with Crippen LogP contribution in [0.25, 0.3) is 0 Å². The van der Waals surface area contributed by atoms with Crippen molar-refractivity contribution in [3.05, 3.63) is 0 Å². The average molecular weight is 256 g/mol. The Bertz CT molecular complexity index is 326. The first kappa shape index (κ1) is 14.5. The summed E-state index contributed by atoms with van der Waals surface area (Å²) in [4.78, 5) is 33.1. The lowest BCUT2D eigenvalue weighted by Gasteiger charge is -2.11. The zero-order valence-electron chi connectivity index (χ0n) is 10.6. The predicted molar refractivity (Wildman–Crippen MR) is 64.8 cm³/mol. The average Bonchev–Trinajstić information content (AvgIpc) is 3.06. The van der Waals surface area contributed by atoms with Crippen LogP contribution >= 0.6 is 0 Å². The van der Waals surface area contributed by atoms with Crippen molar-refractivity contribution in [2.24, 2.45) is 5.92 Å². The van der Waals surface area contributed by atoms with Gasteiger partial charge in [0.2, 0.25) is 11.8 Å². The highest BCUT2D eigenvalue weighted by Gasteiger charge is 2.28. The summed E-state index contributed by atoms with van der Waals surface area (Å²) in [5.74, 6) is -0.840. The standard InChI is InChI=1S/C12H20N2O4/c1-8(7-11(16)17)14-10(15)3-2-6-13-12(18)9-4-5-9/h8-9H,2-7H2,1H3,(H,13,18)(H,14,15)(H,16,17). The van der Waals surface area contributed by atoms with Crippen LogP contribution in [0.1, 0.15) is 39.0 Å². The molecule has 0 aromatic carbocycles. The number of hydrogen-bond acceptors (Lipinski definition) is 3. The van der Waals surface area contributed by atoms with Crippen molar-refractivity contribution >= 4 is 17.8 Å². The molecule has 0 heterocycles. The summed E-state index contributed by atoms with van der Waals surface area (Å²) in [5, 5.41) is 13.9. The van der Waals surface area contributed by atoms with Crippen LogP contribution in [0.4, 0.5) is 0 Å². The summed E-state index contributed by atoms with van der Waals surface area (Å²) in [6.07, 6.45) is 2.74. The van der Waals surface area contributed by atoms with Crippen LogP contribution < -0.4 is 10.6 Å². The molecule has 1 atom stereocenters. The molecular formula is C12H20N2O4. The van der Waals surface area contributed by atoms with Crippen molar-refractivity contribution in [1.82, 2.24) is 10.6 Å². The van der Waals surface area contributed by atoms with Crippen molar-refractivity contribution in [3.8, 4) is 0 Å². The molecule has 1 saturated carbocycles. The van der Waals surface area contributed by atoms with E-state index in [0.29, 0.717) is 19.4 Å². The summed E-state index contributed by atoms with van der Waals surface area (Å²) >= 11 is 0. The Labute approximate surface area is 106 Å². The third-order valence-electron chi connectivity index (χ3n) is 2.72. The van der Waals surface area contributed by atoms with Crippen LogP contribution in [0, 0.1) is 5.92 Å². The normalized spacial score (nSPS) is 15.8. The Hall–Kier alpha value is -1.59. The van der Waals surface area contributed by atoms with Gasteiger partial charge >= 0.3 is 5.97 Å². The predicted octanol–water partition coefficient (Wildman–Crippen LogP) is 0.272. The maximum absolute atomic E-state index is 11.4. The third-order valence-corrected chi connectivity index (χ3v) is 2.72. The van der Waals surface area contributed by atoms with Gasteiger partial charge in [-0.25, -0.2) is 0 Å². The molecule has 0 bridgehead atoms. The minimum atomic E-state index is -0.931. The van der Waals surface area contributed by atoms with E-state index in [1.807, 2.05) is 0 Å². The number of carbonyl (C=O) groups excluding carboxylic acids is 2. The van der Waals surface area contributed by atoms with Crippen LogP contribution in [0.2, 0.25) is 0 Å². The monoisotopic (exact) mass is 256 g/mol. The van der Waals surface area contributed by atoms with Gasteiger partial charge in [0.15, 0.2) is 0 Å². The van der Waals surface area contributed by atoms with E-state index in [1.54, 1.807) is 6.92 Å². The van der Waals surface area contributed by atoms with E-state index in [-0.39, 0.29) is 30.2 Å². The highest BCUT2D eigenvalue weighted by molar-refractivity contribution is 5.81. The van der Waals surface area contributed by atoms with E-state index < -0.39 is 5.97 Å². The van der Waals surface area contributed by atoms with Crippen molar-refractivity contribution in [3.63, 3.8) is 0 Å². The molecule has 102 valence electrons. The maximum atomic E-state index is 11.4. The molecule has 0 saturated heterocycles. The van der Waals surface area contributed by atoms with E-state index >= 15 is 0 Å². The molecule has 2 amide bonds. The Kier molecular flexibility index (Phi) is 5.61. The number of amides is 2. The van der Waals surface area contributed by atoms with Gasteiger partial charge in [-0.2, -0.15) is 0 Å². The fraction of sp³-hybridized carbons (Fsp3) is 0.750. The summed E-state index contributed by atoms with van der Waals surface area (Å²) in [7, 11) is 0. The first-order valence-corrected chi connectivity index (χ1v) is 6.28. The van der Waals surface area contributed by atoms with Crippen molar-refractivity contribution < 1.29 is 19.5 Å². The molecule has 0 radical (unpaired) electrons. The first-order valence-electron chi connectivity index (χ1n) is 6.28. The van der Waals surface area contributed by atoms with Gasteiger partial charge in [0, 0.05) is 24.9 Å². The maximum Gasteiger partial charge on any atom is 0.305 e. The second-order valence-electron chi connectivity index (χ2n) is 4.74. The molecule has 0 aliphatic heterocycles. The molecule has 6 nitrogen and oxygen atoms in total. The largest absolute Gasteiger partial charge is 0.481 e. The molecule has 6 heteroatoms. The Morgan fingerprint density at radius 1 is 1.33 bits per heavy atom. The Morgan fingerprint density at radius 2 is 2.00 bits per heavy atom. The summed E-state index contributed by atoms with van der Waals surface area (Å²) in [6, 6.07) is -0.365. The summed E-state index contributed by atoms with van der Waals surface area (Å²) in [5.41, 5.74) is 0. The second-order valence-corrected chi connectivity index (χ2v) is 4.74. The molecule has 0 spiro atoms. The number of carboxylic acids is 1. The summed E-state index contributed by atoms with van der Waals surface area (Å²) < 4.78 is 0. The zero-order valence-corrected chi connectivity index (χ0v) is 10.6. The SMILES string of the molecule is CC(CC(=O)O)NC(=O)CCCNC(=O)C1CC1. The van der Waals surface area contributed by atoms with Crippen LogP contribution in [-0.4, -0.2) is 35.5 Å². The van der Waals surface area contributed by atoms with E-state index in [0.717, 1.165) is 12.8 Å². The molecule has 1 aliphatic carbocycles. The molecule has 1 rings (SSSR count). The van der Waals surface area contributed by atoms with Gasteiger partial charge in [-0.15, -0.1) is 0 Å². The van der Waals surface area contributed by atoms with Crippen LogP contribution in [0.5, 0.6) is 0 Å². The molecule has 1 unspecified atom stereocenters. The van der Waals surface area contributed by atoms with Crippen molar-refractivity contribution in [1.29, 1.82) is 0 Å². The molecule has 3 N–H and O–H groups in total. The number of carbonyl (C=O) groups is 3. The van der Waals surface area contributed by atoms with Gasteiger partial charge in [0.1, 0.15) is 0 Å². The molecule has 1 fully saturated rings. The van der Waals surface area contributed by atoms with Gasteiger partial charge in [-0.1, -0.05) is 0 Å². The number of rotatable bonds is 8. The number of carboxylic acid groups (broad SMARTS) is 1. The zero-order chi connectivity index (χ0) is 13.5. The molecule has 18 heavy (non-hydrogen) atoms. The second kappa shape index (κ2) is 6.98. The fourth-order valence-electron chi connectivity index (χ4n) is 1.61. The summed E-state index contributed by atoms with van der Waals surface area (Å²) in [6.45, 7) is 2.15. The van der Waals surface area contributed by atoms with E-state index in [2.05, 4.69) is 10.6 Å². The van der Waals surface area contributed by atoms with Crippen LogP contribution in [0.15, 0.2) is 0 Å². The number of aliphatic carboxylic acids is 1. The Balaban J connectivity index is 2.02. The topological polar surface area (TPSA) is 95.5 Å². The highest BCUT2D eigenvalue weighted by Crippen LogP contribution is 2.28. The first-order chi connectivity index (χ1) is 8.49. The van der Waals surface area contributed by atoms with E-state index in [4.69, 9.17) is 5.11 Å². The van der Waals surface area contributed by atoms with Crippen molar-refractivity contribution in [2.75, 3.05) is 6.54 Å². The van der Waals surface area contributed by atoms with E-state index in [1.165, 1.54) is 0 Å². The van der Waals surface area contributed by atoms with Gasteiger partial charge in [0.05, 0.1) is 6.42 Å². The van der Waals surface area contributed by atoms with Crippen LogP contribution in [-0.2, 0) is 14.4 Å². The van der Waals surface area contributed by atoms with Gasteiger partial charge < -0.3 is 15.7 Å². The smallest absolute Gasteiger partial charge is 0.305 e. The highest BCUT2D eigenvalue weighted by atomic mass is 16.4. The third kappa shape index (κ3) is 6.22. The van der Waals surface area contributed by atoms with Gasteiger partial charge in [-0.05, 0) is 26.2 Å².